The molecular formula is C25H24N2O3. The fourth-order valence-electron chi connectivity index (χ4n) is 3.25. The lowest BCUT2D eigenvalue weighted by Crippen LogP contribution is -2.12. The zero-order valence-corrected chi connectivity index (χ0v) is 17.3. The molecule has 0 aliphatic carbocycles. The molecule has 0 aliphatic rings. The third-order valence-corrected chi connectivity index (χ3v) is 4.85. The highest BCUT2D eigenvalue weighted by molar-refractivity contribution is 6.04. The van der Waals surface area contributed by atoms with E-state index in [0.29, 0.717) is 35.4 Å². The number of hydrogen-bond acceptors (Lipinski definition) is 4. The Kier molecular flexibility index (Phi) is 5.53. The first-order valence-electron chi connectivity index (χ1n) is 10.1. The van der Waals surface area contributed by atoms with Crippen LogP contribution in [0.15, 0.2) is 71.1 Å². The van der Waals surface area contributed by atoms with E-state index in [-0.39, 0.29) is 5.91 Å². The van der Waals surface area contributed by atoms with E-state index in [1.54, 1.807) is 18.2 Å². The van der Waals surface area contributed by atoms with E-state index in [0.717, 1.165) is 16.7 Å². The lowest BCUT2D eigenvalue weighted by atomic mass is 10.0. The zero-order valence-electron chi connectivity index (χ0n) is 17.3. The first kappa shape index (κ1) is 19.7. The van der Waals surface area contributed by atoms with Gasteiger partial charge in [-0.3, -0.25) is 4.79 Å². The van der Waals surface area contributed by atoms with Crippen molar-refractivity contribution in [3.8, 4) is 17.2 Å². The van der Waals surface area contributed by atoms with Gasteiger partial charge in [-0.15, -0.1) is 0 Å². The quantitative estimate of drug-likeness (QED) is 0.414. The maximum absolute atomic E-state index is 12.7. The summed E-state index contributed by atoms with van der Waals surface area (Å²) in [6.45, 7) is 6.76. The van der Waals surface area contributed by atoms with E-state index in [2.05, 4.69) is 36.3 Å². The van der Waals surface area contributed by atoms with Crippen LogP contribution in [0.4, 0.5) is 5.69 Å². The molecular weight excluding hydrogens is 376 g/mol. The van der Waals surface area contributed by atoms with E-state index in [1.165, 1.54) is 5.56 Å². The fourth-order valence-corrected chi connectivity index (χ4v) is 3.25. The maximum atomic E-state index is 12.7. The number of nitrogens with zero attached hydrogens (tertiary/aromatic N) is 1. The average molecular weight is 400 g/mol. The predicted octanol–water partition coefficient (Wildman–Crippen LogP) is 6.27. The number of carbonyl (C=O) groups excluding carboxylic acids is 1. The molecule has 30 heavy (non-hydrogen) atoms. The van der Waals surface area contributed by atoms with Crippen LogP contribution in [-0.2, 0) is 0 Å². The van der Waals surface area contributed by atoms with Crippen molar-refractivity contribution in [3.63, 3.8) is 0 Å². The summed E-state index contributed by atoms with van der Waals surface area (Å²) < 4.78 is 11.4. The number of oxazole rings is 1. The van der Waals surface area contributed by atoms with Crippen LogP contribution in [0.5, 0.6) is 5.75 Å². The molecule has 0 unspecified atom stereocenters. The summed E-state index contributed by atoms with van der Waals surface area (Å²) in [5, 5.41) is 2.93. The van der Waals surface area contributed by atoms with Gasteiger partial charge in [-0.25, -0.2) is 4.98 Å². The third kappa shape index (κ3) is 4.20. The normalized spacial score (nSPS) is 11.1. The first-order chi connectivity index (χ1) is 14.5. The summed E-state index contributed by atoms with van der Waals surface area (Å²) in [7, 11) is 0. The summed E-state index contributed by atoms with van der Waals surface area (Å²) >= 11 is 0. The Bertz CT molecular complexity index is 1190. The molecule has 0 fully saturated rings. The van der Waals surface area contributed by atoms with Gasteiger partial charge in [-0.1, -0.05) is 32.0 Å². The van der Waals surface area contributed by atoms with Crippen molar-refractivity contribution in [3.05, 3.63) is 77.9 Å². The van der Waals surface area contributed by atoms with Gasteiger partial charge in [0, 0.05) is 16.8 Å². The molecule has 1 amide bonds. The number of benzene rings is 3. The number of rotatable bonds is 6. The Morgan fingerprint density at radius 1 is 1.07 bits per heavy atom. The Labute approximate surface area is 175 Å². The Balaban J connectivity index is 1.57. The van der Waals surface area contributed by atoms with Crippen LogP contribution in [0, 0.1) is 0 Å². The third-order valence-electron chi connectivity index (χ3n) is 4.85. The molecule has 152 valence electrons. The number of nitrogens with one attached hydrogen (secondary N) is 1. The molecule has 0 saturated carbocycles. The number of carbonyl (C=O) groups is 1. The van der Waals surface area contributed by atoms with Crippen LogP contribution >= 0.6 is 0 Å². The lowest BCUT2D eigenvalue weighted by Gasteiger charge is -2.08. The van der Waals surface area contributed by atoms with E-state index in [1.807, 2.05) is 43.3 Å². The van der Waals surface area contributed by atoms with Crippen molar-refractivity contribution < 1.29 is 13.9 Å². The van der Waals surface area contributed by atoms with Crippen molar-refractivity contribution in [2.45, 2.75) is 26.7 Å². The van der Waals surface area contributed by atoms with Gasteiger partial charge in [0.15, 0.2) is 5.58 Å². The molecule has 0 bridgehead atoms. The largest absolute Gasteiger partial charge is 0.494 e. The smallest absolute Gasteiger partial charge is 0.255 e. The molecule has 3 aromatic carbocycles. The zero-order chi connectivity index (χ0) is 21.1. The van der Waals surface area contributed by atoms with E-state index >= 15 is 0 Å². The van der Waals surface area contributed by atoms with Crippen molar-refractivity contribution in [1.29, 1.82) is 0 Å². The van der Waals surface area contributed by atoms with Crippen molar-refractivity contribution >= 4 is 22.7 Å². The summed E-state index contributed by atoms with van der Waals surface area (Å²) in [5.74, 6) is 1.42. The molecule has 0 saturated heterocycles. The molecule has 4 rings (SSSR count). The molecule has 0 aliphatic heterocycles. The van der Waals surface area contributed by atoms with Crippen molar-refractivity contribution in [2.75, 3.05) is 11.9 Å². The Morgan fingerprint density at radius 2 is 1.90 bits per heavy atom. The molecule has 0 spiro atoms. The number of aromatic nitrogens is 1. The lowest BCUT2D eigenvalue weighted by molar-refractivity contribution is 0.102. The van der Waals surface area contributed by atoms with Gasteiger partial charge in [-0.05, 0) is 66.9 Å². The SMILES string of the molecule is CCOc1cccc(C(=O)Nc2cccc(-c3nc4cc(C(C)C)ccc4o3)c2)c1. The molecule has 0 atom stereocenters. The average Bonchev–Trinajstić information content (AvgIpc) is 3.18. The molecule has 5 heteroatoms. The molecule has 1 N–H and O–H groups in total. The minimum Gasteiger partial charge on any atom is -0.494 e. The van der Waals surface area contributed by atoms with Gasteiger partial charge in [0.2, 0.25) is 5.89 Å². The summed E-state index contributed by atoms with van der Waals surface area (Å²) in [4.78, 5) is 17.3. The topological polar surface area (TPSA) is 64.4 Å². The standard InChI is InChI=1S/C25H24N2O3/c1-4-29-21-10-6-7-18(14-21)24(28)26-20-9-5-8-19(13-20)25-27-22-15-17(16(2)3)11-12-23(22)30-25/h5-16H,4H2,1-3H3,(H,26,28). The van der Waals surface area contributed by atoms with Gasteiger partial charge in [-0.2, -0.15) is 0 Å². The van der Waals surface area contributed by atoms with Crippen LogP contribution in [-0.4, -0.2) is 17.5 Å². The van der Waals surface area contributed by atoms with E-state index < -0.39 is 0 Å². The maximum Gasteiger partial charge on any atom is 0.255 e. The second kappa shape index (κ2) is 8.41. The second-order valence-corrected chi connectivity index (χ2v) is 7.40. The Morgan fingerprint density at radius 3 is 2.70 bits per heavy atom. The monoisotopic (exact) mass is 400 g/mol. The van der Waals surface area contributed by atoms with Crippen LogP contribution in [0.2, 0.25) is 0 Å². The minimum atomic E-state index is -0.201. The van der Waals surface area contributed by atoms with E-state index in [9.17, 15) is 4.79 Å². The highest BCUT2D eigenvalue weighted by atomic mass is 16.5. The molecule has 5 nitrogen and oxygen atoms in total. The fraction of sp³-hybridized carbons (Fsp3) is 0.200. The number of ether oxygens (including phenoxy) is 1. The van der Waals surface area contributed by atoms with Gasteiger partial charge >= 0.3 is 0 Å². The van der Waals surface area contributed by atoms with E-state index in [4.69, 9.17) is 9.15 Å². The van der Waals surface area contributed by atoms with Crippen LogP contribution in [0.1, 0.15) is 42.6 Å². The van der Waals surface area contributed by atoms with Gasteiger partial charge in [0.25, 0.3) is 5.91 Å². The molecule has 1 aromatic heterocycles. The van der Waals surface area contributed by atoms with Gasteiger partial charge < -0.3 is 14.5 Å². The summed E-state index contributed by atoms with van der Waals surface area (Å²) in [6, 6.07) is 20.7. The van der Waals surface area contributed by atoms with Gasteiger partial charge in [0.05, 0.1) is 6.61 Å². The minimum absolute atomic E-state index is 0.201. The summed E-state index contributed by atoms with van der Waals surface area (Å²) in [6.07, 6.45) is 0. The molecule has 0 radical (unpaired) electrons. The number of hydrogen-bond donors (Lipinski definition) is 1. The summed E-state index contributed by atoms with van der Waals surface area (Å²) in [5.41, 5.74) is 4.81. The van der Waals surface area contributed by atoms with Crippen molar-refractivity contribution in [1.82, 2.24) is 4.98 Å². The highest BCUT2D eigenvalue weighted by Crippen LogP contribution is 2.28. The van der Waals surface area contributed by atoms with Crippen LogP contribution in [0.3, 0.4) is 0 Å². The highest BCUT2D eigenvalue weighted by Gasteiger charge is 2.12. The molecule has 4 aromatic rings. The van der Waals surface area contributed by atoms with Gasteiger partial charge in [0.1, 0.15) is 11.3 Å². The van der Waals surface area contributed by atoms with Crippen LogP contribution in [0.25, 0.3) is 22.6 Å². The number of fused-ring (bicyclic) bond motifs is 1. The number of anilines is 1. The molecule has 1 heterocycles. The predicted molar refractivity (Wildman–Crippen MR) is 119 cm³/mol. The van der Waals surface area contributed by atoms with Crippen LogP contribution < -0.4 is 10.1 Å². The Hall–Kier alpha value is -3.60. The first-order valence-corrected chi connectivity index (χ1v) is 10.1. The van der Waals surface area contributed by atoms with Crippen molar-refractivity contribution in [2.24, 2.45) is 0 Å². The number of amides is 1. The second-order valence-electron chi connectivity index (χ2n) is 7.40.